The number of nitrogens with one attached hydrogen (secondary N) is 1. The first-order valence-electron chi connectivity index (χ1n) is 10.3. The topological polar surface area (TPSA) is 65.1 Å². The average Bonchev–Trinajstić information content (AvgIpc) is 2.71. The van der Waals surface area contributed by atoms with Gasteiger partial charge in [-0.2, -0.15) is 0 Å². The van der Waals surface area contributed by atoms with E-state index in [9.17, 15) is 9.59 Å². The van der Waals surface area contributed by atoms with E-state index in [1.54, 1.807) is 4.90 Å². The lowest BCUT2D eigenvalue weighted by Gasteiger charge is -2.42. The molecule has 7 nitrogen and oxygen atoms in total. The molecule has 7 heteroatoms. The van der Waals surface area contributed by atoms with E-state index in [0.717, 1.165) is 68.9 Å². The van der Waals surface area contributed by atoms with E-state index in [4.69, 9.17) is 4.74 Å². The summed E-state index contributed by atoms with van der Waals surface area (Å²) in [6, 6.07) is 6.50. The number of anilines is 1. The third kappa shape index (κ3) is 4.76. The minimum absolute atomic E-state index is 0.0193. The van der Waals surface area contributed by atoms with Crippen molar-refractivity contribution in [3.05, 3.63) is 29.3 Å². The summed E-state index contributed by atoms with van der Waals surface area (Å²) >= 11 is 0. The van der Waals surface area contributed by atoms with Crippen LogP contribution in [0.4, 0.5) is 15.3 Å². The Morgan fingerprint density at radius 1 is 1.00 bits per heavy atom. The number of rotatable bonds is 3. The van der Waals surface area contributed by atoms with Crippen molar-refractivity contribution in [3.8, 4) is 0 Å². The highest BCUT2D eigenvalue weighted by Crippen LogP contribution is 2.22. The summed E-state index contributed by atoms with van der Waals surface area (Å²) in [5, 5.41) is 3.08. The zero-order valence-electron chi connectivity index (χ0n) is 17.2. The van der Waals surface area contributed by atoms with Gasteiger partial charge in [0.2, 0.25) is 0 Å². The van der Waals surface area contributed by atoms with Crippen molar-refractivity contribution in [2.24, 2.45) is 0 Å². The predicted octanol–water partition coefficient (Wildman–Crippen LogP) is 3.07. The van der Waals surface area contributed by atoms with Crippen LogP contribution in [0.2, 0.25) is 0 Å². The van der Waals surface area contributed by atoms with Crippen LogP contribution in [0.25, 0.3) is 0 Å². The van der Waals surface area contributed by atoms with Crippen molar-refractivity contribution in [3.63, 3.8) is 0 Å². The van der Waals surface area contributed by atoms with Gasteiger partial charge >= 0.3 is 12.1 Å². The van der Waals surface area contributed by atoms with Crippen molar-refractivity contribution in [2.45, 2.75) is 39.7 Å². The zero-order valence-corrected chi connectivity index (χ0v) is 17.2. The third-order valence-electron chi connectivity index (χ3n) is 5.82. The molecule has 0 atom stereocenters. The number of carbonyl (C=O) groups is 2. The molecule has 3 rings (SSSR count). The van der Waals surface area contributed by atoms with Crippen LogP contribution in [-0.2, 0) is 4.74 Å². The Hall–Kier alpha value is -2.28. The number of para-hydroxylation sites is 1. The van der Waals surface area contributed by atoms with Gasteiger partial charge in [0.15, 0.2) is 0 Å². The first kappa shape index (κ1) is 20.5. The number of piperidine rings is 1. The lowest BCUT2D eigenvalue weighted by atomic mass is 10.0. The van der Waals surface area contributed by atoms with E-state index >= 15 is 0 Å². The molecule has 1 aromatic carbocycles. The Morgan fingerprint density at radius 3 is 2.18 bits per heavy atom. The van der Waals surface area contributed by atoms with Gasteiger partial charge in [0, 0.05) is 51.0 Å². The maximum atomic E-state index is 12.7. The lowest BCUT2D eigenvalue weighted by molar-refractivity contribution is 0.0581. The van der Waals surface area contributed by atoms with Gasteiger partial charge in [0.1, 0.15) is 0 Å². The minimum atomic E-state index is -0.200. The molecule has 0 unspecified atom stereocenters. The first-order chi connectivity index (χ1) is 13.5. The van der Waals surface area contributed by atoms with Gasteiger partial charge in [-0.1, -0.05) is 18.2 Å². The normalized spacial score (nSPS) is 18.8. The Labute approximate surface area is 167 Å². The molecule has 1 aromatic rings. The highest BCUT2D eigenvalue weighted by Gasteiger charge is 2.30. The van der Waals surface area contributed by atoms with Gasteiger partial charge in [0.05, 0.1) is 6.61 Å². The molecule has 1 N–H and O–H groups in total. The Kier molecular flexibility index (Phi) is 6.78. The fraction of sp³-hybridized carbons (Fsp3) is 0.619. The van der Waals surface area contributed by atoms with Crippen LogP contribution in [0.5, 0.6) is 0 Å². The average molecular weight is 389 g/mol. The van der Waals surface area contributed by atoms with E-state index in [2.05, 4.69) is 10.2 Å². The smallest absolute Gasteiger partial charge is 0.409 e. The van der Waals surface area contributed by atoms with Gasteiger partial charge in [-0.05, 0) is 44.7 Å². The van der Waals surface area contributed by atoms with Crippen LogP contribution in [0.3, 0.4) is 0 Å². The van der Waals surface area contributed by atoms with E-state index in [1.165, 1.54) is 0 Å². The van der Waals surface area contributed by atoms with Crippen LogP contribution >= 0.6 is 0 Å². The molecule has 3 amide bonds. The molecule has 2 aliphatic heterocycles. The third-order valence-corrected chi connectivity index (χ3v) is 5.82. The summed E-state index contributed by atoms with van der Waals surface area (Å²) in [5.74, 6) is 0. The second-order valence-corrected chi connectivity index (χ2v) is 7.64. The molecule has 28 heavy (non-hydrogen) atoms. The molecule has 0 bridgehead atoms. The Bertz CT molecular complexity index is 673. The second-order valence-electron chi connectivity index (χ2n) is 7.64. The molecule has 154 valence electrons. The van der Waals surface area contributed by atoms with Crippen molar-refractivity contribution in [2.75, 3.05) is 51.2 Å². The van der Waals surface area contributed by atoms with Crippen molar-refractivity contribution < 1.29 is 14.3 Å². The van der Waals surface area contributed by atoms with E-state index in [-0.39, 0.29) is 12.1 Å². The number of benzene rings is 1. The van der Waals surface area contributed by atoms with Gasteiger partial charge in [0.25, 0.3) is 0 Å². The molecule has 0 aliphatic carbocycles. The summed E-state index contributed by atoms with van der Waals surface area (Å²) < 4.78 is 5.09. The van der Waals surface area contributed by atoms with Crippen LogP contribution in [0.15, 0.2) is 18.2 Å². The molecule has 0 spiro atoms. The maximum absolute atomic E-state index is 12.7. The number of carbonyl (C=O) groups excluding carboxylic acids is 2. The maximum Gasteiger partial charge on any atom is 0.409 e. The SMILES string of the molecule is CCOC(=O)N1CCC(N2CCN(C(=O)Nc3c(C)cccc3C)CC2)CC1. The molecular formula is C21H32N4O3. The molecule has 2 saturated heterocycles. The molecule has 0 saturated carbocycles. The predicted molar refractivity (Wildman–Crippen MR) is 110 cm³/mol. The van der Waals surface area contributed by atoms with E-state index < -0.39 is 0 Å². The largest absolute Gasteiger partial charge is 0.450 e. The van der Waals surface area contributed by atoms with Gasteiger partial charge in [-0.15, -0.1) is 0 Å². The molecule has 2 heterocycles. The summed E-state index contributed by atoms with van der Waals surface area (Å²) in [6.45, 7) is 11.0. The summed E-state index contributed by atoms with van der Waals surface area (Å²) in [4.78, 5) is 30.7. The van der Waals surface area contributed by atoms with Crippen LogP contribution < -0.4 is 5.32 Å². The molecule has 0 radical (unpaired) electrons. The summed E-state index contributed by atoms with van der Waals surface area (Å²) in [5.41, 5.74) is 3.09. The number of amides is 3. The minimum Gasteiger partial charge on any atom is -0.450 e. The number of aryl methyl sites for hydroxylation is 2. The Balaban J connectivity index is 1.46. The summed E-state index contributed by atoms with van der Waals surface area (Å²) in [7, 11) is 0. The van der Waals surface area contributed by atoms with E-state index in [1.807, 2.05) is 43.9 Å². The van der Waals surface area contributed by atoms with Gasteiger partial charge < -0.3 is 19.9 Å². The number of hydrogen-bond donors (Lipinski definition) is 1. The van der Waals surface area contributed by atoms with E-state index in [0.29, 0.717) is 12.6 Å². The number of ether oxygens (including phenoxy) is 1. The van der Waals surface area contributed by atoms with Crippen LogP contribution in [0.1, 0.15) is 30.9 Å². The molecule has 0 aromatic heterocycles. The quantitative estimate of drug-likeness (QED) is 0.864. The lowest BCUT2D eigenvalue weighted by Crippen LogP contribution is -2.55. The highest BCUT2D eigenvalue weighted by atomic mass is 16.6. The number of urea groups is 1. The van der Waals surface area contributed by atoms with Crippen molar-refractivity contribution in [1.29, 1.82) is 0 Å². The number of hydrogen-bond acceptors (Lipinski definition) is 4. The van der Waals surface area contributed by atoms with Crippen molar-refractivity contribution >= 4 is 17.8 Å². The molecule has 2 aliphatic rings. The first-order valence-corrected chi connectivity index (χ1v) is 10.3. The molecule has 2 fully saturated rings. The second kappa shape index (κ2) is 9.28. The Morgan fingerprint density at radius 2 is 1.61 bits per heavy atom. The fourth-order valence-electron chi connectivity index (χ4n) is 4.12. The van der Waals surface area contributed by atoms with Crippen LogP contribution in [-0.4, -0.2) is 78.7 Å². The number of likely N-dealkylation sites (tertiary alicyclic amines) is 1. The fourth-order valence-corrected chi connectivity index (χ4v) is 4.12. The van der Waals surface area contributed by atoms with Crippen molar-refractivity contribution in [1.82, 2.24) is 14.7 Å². The number of piperazine rings is 1. The standard InChI is InChI=1S/C21H32N4O3/c1-4-28-21(27)25-10-8-18(9-11-25)23-12-14-24(15-13-23)20(26)22-19-16(2)6-5-7-17(19)3/h5-7,18H,4,8-15H2,1-3H3,(H,22,26). The van der Waals surface area contributed by atoms with Gasteiger partial charge in [-0.25, -0.2) is 9.59 Å². The summed E-state index contributed by atoms with van der Waals surface area (Å²) in [6.07, 6.45) is 1.73. The monoisotopic (exact) mass is 388 g/mol. The van der Waals surface area contributed by atoms with Gasteiger partial charge in [-0.3, -0.25) is 4.90 Å². The zero-order chi connectivity index (χ0) is 20.1. The van der Waals surface area contributed by atoms with Crippen LogP contribution in [0, 0.1) is 13.8 Å². The molecular weight excluding hydrogens is 356 g/mol. The highest BCUT2D eigenvalue weighted by molar-refractivity contribution is 5.91. The number of nitrogens with zero attached hydrogens (tertiary/aromatic N) is 3.